The molecule has 0 aromatic rings. The van der Waals surface area contributed by atoms with Crippen LogP contribution in [0.5, 0.6) is 0 Å². The van der Waals surface area contributed by atoms with Gasteiger partial charge in [0.25, 0.3) is 0 Å². The molecule has 0 bridgehead atoms. The third-order valence-electron chi connectivity index (χ3n) is 9.09. The summed E-state index contributed by atoms with van der Waals surface area (Å²) in [6.45, 7) is 4.16. The normalized spacial score (nSPS) is 23.0. The van der Waals surface area contributed by atoms with Gasteiger partial charge in [-0.25, -0.2) is 4.79 Å². The second-order valence-corrected chi connectivity index (χ2v) is 12.9. The van der Waals surface area contributed by atoms with E-state index in [0.717, 1.165) is 76.2 Å². The van der Waals surface area contributed by atoms with Crippen molar-refractivity contribution in [2.45, 2.75) is 205 Å². The molecule has 0 amide bonds. The number of carbonyl (C=O) groups excluding carboxylic acids is 1. The first-order chi connectivity index (χ1) is 19.9. The molecule has 0 aromatic heterocycles. The van der Waals surface area contributed by atoms with Crippen LogP contribution in [-0.4, -0.2) is 57.9 Å². The van der Waals surface area contributed by atoms with Crippen LogP contribution in [0, 0.1) is 0 Å². The fourth-order valence-electron chi connectivity index (χ4n) is 6.37. The van der Waals surface area contributed by atoms with Gasteiger partial charge in [0.15, 0.2) is 0 Å². The smallest absolute Gasteiger partial charge is 0.334 e. The molecule has 0 radical (unpaired) electrons. The van der Waals surface area contributed by atoms with Crippen molar-refractivity contribution in [1.82, 2.24) is 0 Å². The number of hydrogen-bond acceptors (Lipinski definition) is 6. The molecule has 2 aliphatic heterocycles. The van der Waals surface area contributed by atoms with Gasteiger partial charge < -0.3 is 24.8 Å². The van der Waals surface area contributed by atoms with Crippen molar-refractivity contribution >= 4 is 5.97 Å². The Morgan fingerprint density at radius 2 is 1.29 bits per heavy atom. The van der Waals surface area contributed by atoms with Crippen LogP contribution in [0.25, 0.3) is 0 Å². The molecule has 2 rings (SSSR count). The summed E-state index contributed by atoms with van der Waals surface area (Å²) in [6, 6.07) is 0. The summed E-state index contributed by atoms with van der Waals surface area (Å²) in [7, 11) is 0. The number of unbranched alkanes of at least 4 members (excludes halogenated alkanes) is 15. The average molecular weight is 581 g/mol. The van der Waals surface area contributed by atoms with Crippen molar-refractivity contribution in [3.05, 3.63) is 11.6 Å². The molecule has 41 heavy (non-hydrogen) atoms. The molecule has 6 atom stereocenters. The van der Waals surface area contributed by atoms with Gasteiger partial charge in [-0.3, -0.25) is 0 Å². The van der Waals surface area contributed by atoms with Crippen LogP contribution < -0.4 is 0 Å². The standard InChI is InChI=1S/C35H64O6/c1-3-4-5-6-7-8-9-10-11-12-16-19-22-31(36)32(37)24-25-33(38)34-26-23-30(41-34)21-18-15-13-14-17-20-29-27-28(2)40-35(29)39/h27-28,30-34,36-38H,3-26H2,1-2H3/t28-,30+,31+,32+,33-,34-/m0/s1. The van der Waals surface area contributed by atoms with Crippen molar-refractivity contribution in [2.75, 3.05) is 0 Å². The molecule has 0 aromatic carbocycles. The van der Waals surface area contributed by atoms with Crippen LogP contribution >= 0.6 is 0 Å². The van der Waals surface area contributed by atoms with E-state index in [1.54, 1.807) is 0 Å². The molecule has 0 saturated carbocycles. The highest BCUT2D eigenvalue weighted by molar-refractivity contribution is 5.90. The number of cyclic esters (lactones) is 1. The molecule has 6 heteroatoms. The predicted octanol–water partition coefficient (Wildman–Crippen LogP) is 8.09. The van der Waals surface area contributed by atoms with Crippen LogP contribution in [0.1, 0.15) is 168 Å². The third kappa shape index (κ3) is 16.5. The molecule has 0 aliphatic carbocycles. The van der Waals surface area contributed by atoms with Crippen LogP contribution in [0.4, 0.5) is 0 Å². The first-order valence-electron chi connectivity index (χ1n) is 17.5. The SMILES string of the molecule is CCCCCCCCCCCCCC[C@@H](O)[C@H](O)CC[C@H](O)[C@@H]1CC[C@@H](CCCCCCCC2=C[C@H](C)OC2=O)O1. The van der Waals surface area contributed by atoms with Gasteiger partial charge in [0.05, 0.1) is 30.5 Å². The molecule has 3 N–H and O–H groups in total. The summed E-state index contributed by atoms with van der Waals surface area (Å²) in [4.78, 5) is 11.6. The van der Waals surface area contributed by atoms with Crippen molar-refractivity contribution in [3.63, 3.8) is 0 Å². The van der Waals surface area contributed by atoms with Crippen LogP contribution in [0.15, 0.2) is 11.6 Å². The Balaban J connectivity index is 1.40. The zero-order valence-corrected chi connectivity index (χ0v) is 26.6. The van der Waals surface area contributed by atoms with Crippen LogP contribution in [0.2, 0.25) is 0 Å². The molecular weight excluding hydrogens is 516 g/mol. The lowest BCUT2D eigenvalue weighted by molar-refractivity contribution is -0.139. The van der Waals surface area contributed by atoms with Gasteiger partial charge >= 0.3 is 5.97 Å². The van der Waals surface area contributed by atoms with Crippen LogP contribution in [-0.2, 0) is 14.3 Å². The second kappa shape index (κ2) is 22.6. The van der Waals surface area contributed by atoms with Crippen molar-refractivity contribution in [1.29, 1.82) is 0 Å². The molecule has 240 valence electrons. The summed E-state index contributed by atoms with van der Waals surface area (Å²) in [6.07, 6.45) is 26.2. The van der Waals surface area contributed by atoms with Crippen molar-refractivity contribution in [3.8, 4) is 0 Å². The van der Waals surface area contributed by atoms with E-state index in [0.29, 0.717) is 19.3 Å². The van der Waals surface area contributed by atoms with E-state index >= 15 is 0 Å². The number of aliphatic hydroxyl groups excluding tert-OH is 3. The predicted molar refractivity (Wildman–Crippen MR) is 167 cm³/mol. The van der Waals surface area contributed by atoms with E-state index in [9.17, 15) is 20.1 Å². The van der Waals surface area contributed by atoms with Gasteiger partial charge in [0.2, 0.25) is 0 Å². The molecular formula is C35H64O6. The van der Waals surface area contributed by atoms with Gasteiger partial charge in [0, 0.05) is 5.57 Å². The second-order valence-electron chi connectivity index (χ2n) is 12.9. The Kier molecular flexibility index (Phi) is 20.0. The molecule has 2 aliphatic rings. The fraction of sp³-hybridized carbons (Fsp3) is 0.914. The Morgan fingerprint density at radius 1 is 0.732 bits per heavy atom. The van der Waals surface area contributed by atoms with Crippen LogP contribution in [0.3, 0.4) is 0 Å². The number of rotatable bonds is 26. The van der Waals surface area contributed by atoms with Crippen molar-refractivity contribution < 1.29 is 29.6 Å². The van der Waals surface area contributed by atoms with Gasteiger partial charge in [-0.05, 0) is 64.4 Å². The number of ether oxygens (including phenoxy) is 2. The van der Waals surface area contributed by atoms with E-state index < -0.39 is 18.3 Å². The largest absolute Gasteiger partial charge is 0.455 e. The topological polar surface area (TPSA) is 96.2 Å². The molecule has 0 spiro atoms. The Bertz CT molecular complexity index is 694. The summed E-state index contributed by atoms with van der Waals surface area (Å²) >= 11 is 0. The maximum Gasteiger partial charge on any atom is 0.334 e. The maximum absolute atomic E-state index is 11.6. The van der Waals surface area contributed by atoms with Gasteiger partial charge in [-0.1, -0.05) is 110 Å². The highest BCUT2D eigenvalue weighted by Crippen LogP contribution is 2.28. The Hall–Kier alpha value is -0.950. The summed E-state index contributed by atoms with van der Waals surface area (Å²) in [5, 5.41) is 31.4. The summed E-state index contributed by atoms with van der Waals surface area (Å²) in [5.74, 6) is -0.145. The highest BCUT2D eigenvalue weighted by atomic mass is 16.5. The summed E-state index contributed by atoms with van der Waals surface area (Å²) in [5.41, 5.74) is 0.836. The first-order valence-corrected chi connectivity index (χ1v) is 17.5. The lowest BCUT2D eigenvalue weighted by atomic mass is 9.97. The fourth-order valence-corrected chi connectivity index (χ4v) is 6.37. The number of hydrogen-bond donors (Lipinski definition) is 3. The lowest BCUT2D eigenvalue weighted by Gasteiger charge is -2.22. The minimum absolute atomic E-state index is 0.0724. The first kappa shape index (κ1) is 36.2. The van der Waals surface area contributed by atoms with Gasteiger partial charge in [0.1, 0.15) is 6.10 Å². The van der Waals surface area contributed by atoms with Gasteiger partial charge in [-0.2, -0.15) is 0 Å². The average Bonchev–Trinajstić information content (AvgIpc) is 3.56. The number of esters is 1. The minimum Gasteiger partial charge on any atom is -0.455 e. The molecule has 0 unspecified atom stereocenters. The molecule has 6 nitrogen and oxygen atoms in total. The molecule has 2 heterocycles. The zero-order chi connectivity index (χ0) is 29.7. The van der Waals surface area contributed by atoms with E-state index in [-0.39, 0.29) is 24.3 Å². The van der Waals surface area contributed by atoms with E-state index in [2.05, 4.69) is 6.92 Å². The Morgan fingerprint density at radius 3 is 1.90 bits per heavy atom. The van der Waals surface area contributed by atoms with E-state index in [1.807, 2.05) is 13.0 Å². The maximum atomic E-state index is 11.6. The zero-order valence-electron chi connectivity index (χ0n) is 26.6. The molecule has 1 saturated heterocycles. The molecule has 1 fully saturated rings. The highest BCUT2D eigenvalue weighted by Gasteiger charge is 2.31. The Labute approximate surface area is 251 Å². The number of carbonyl (C=O) groups is 1. The summed E-state index contributed by atoms with van der Waals surface area (Å²) < 4.78 is 11.3. The quantitative estimate of drug-likeness (QED) is 0.0707. The lowest BCUT2D eigenvalue weighted by Crippen LogP contribution is -2.31. The third-order valence-corrected chi connectivity index (χ3v) is 9.09. The minimum atomic E-state index is -0.770. The number of aliphatic hydroxyl groups is 3. The van der Waals surface area contributed by atoms with Gasteiger partial charge in [-0.15, -0.1) is 0 Å². The van der Waals surface area contributed by atoms with Crippen molar-refractivity contribution in [2.24, 2.45) is 0 Å². The van der Waals surface area contributed by atoms with E-state index in [1.165, 1.54) is 64.2 Å². The van der Waals surface area contributed by atoms with E-state index in [4.69, 9.17) is 9.47 Å². The monoisotopic (exact) mass is 580 g/mol.